The maximum absolute atomic E-state index is 6.04. The van der Waals surface area contributed by atoms with Crippen LogP contribution in [0.25, 0.3) is 22.6 Å². The first kappa shape index (κ1) is 12.4. The van der Waals surface area contributed by atoms with Gasteiger partial charge in [-0.3, -0.25) is 5.10 Å². The number of ether oxygens (including phenoxy) is 1. The summed E-state index contributed by atoms with van der Waals surface area (Å²) in [5.41, 5.74) is 4.64. The highest BCUT2D eigenvalue weighted by molar-refractivity contribution is 5.89. The first-order valence-electron chi connectivity index (χ1n) is 7.05. The highest BCUT2D eigenvalue weighted by atomic mass is 16.5. The molecule has 0 aliphatic carbocycles. The number of hydrogen-bond donors (Lipinski definition) is 1. The van der Waals surface area contributed by atoms with Crippen molar-refractivity contribution in [3.8, 4) is 11.5 Å². The van der Waals surface area contributed by atoms with Gasteiger partial charge in [0.1, 0.15) is 11.2 Å². The fourth-order valence-corrected chi connectivity index (χ4v) is 2.70. The number of pyridine rings is 1. The second kappa shape index (κ2) is 4.89. The Bertz CT molecular complexity index is 757. The fraction of sp³-hybridized carbons (Fsp3) is 0.333. The van der Waals surface area contributed by atoms with Gasteiger partial charge in [-0.15, -0.1) is 0 Å². The van der Waals surface area contributed by atoms with E-state index in [1.807, 2.05) is 19.1 Å². The van der Waals surface area contributed by atoms with E-state index in [2.05, 4.69) is 26.1 Å². The van der Waals surface area contributed by atoms with Gasteiger partial charge in [0.2, 0.25) is 0 Å². The van der Waals surface area contributed by atoms with Crippen LogP contribution in [0.5, 0.6) is 0 Å². The van der Waals surface area contributed by atoms with Crippen molar-refractivity contribution >= 4 is 16.8 Å². The number of fused-ring (bicyclic) bond motifs is 1. The van der Waals surface area contributed by atoms with Crippen molar-refractivity contribution in [3.05, 3.63) is 30.1 Å². The Morgan fingerprint density at radius 3 is 2.86 bits per heavy atom. The van der Waals surface area contributed by atoms with Crippen molar-refractivity contribution in [3.63, 3.8) is 0 Å². The summed E-state index contributed by atoms with van der Waals surface area (Å²) in [6.45, 7) is 5.25. The van der Waals surface area contributed by atoms with E-state index in [0.717, 1.165) is 60.2 Å². The van der Waals surface area contributed by atoms with Crippen molar-refractivity contribution in [2.45, 2.75) is 6.92 Å². The topological polar surface area (TPSA) is 67.2 Å². The standard InChI is InChI=1S/C15H16N4O2/c1-10-8-13(19-4-6-20-7-5-19)15-12(17-10)9-14(21-15)11-2-3-16-18-11/h2-3,8-9H,4-7H2,1H3,(H,16,18). The third-order valence-electron chi connectivity index (χ3n) is 3.71. The van der Waals surface area contributed by atoms with Gasteiger partial charge in [-0.1, -0.05) is 0 Å². The first-order chi connectivity index (χ1) is 10.3. The van der Waals surface area contributed by atoms with Gasteiger partial charge < -0.3 is 14.1 Å². The molecule has 0 amide bonds. The maximum atomic E-state index is 6.04. The molecule has 4 rings (SSSR count). The van der Waals surface area contributed by atoms with E-state index >= 15 is 0 Å². The monoisotopic (exact) mass is 284 g/mol. The third-order valence-corrected chi connectivity index (χ3v) is 3.71. The number of rotatable bonds is 2. The summed E-state index contributed by atoms with van der Waals surface area (Å²) in [5, 5.41) is 6.89. The second-order valence-corrected chi connectivity index (χ2v) is 5.18. The van der Waals surface area contributed by atoms with Gasteiger partial charge in [0, 0.05) is 31.0 Å². The molecule has 6 heteroatoms. The highest BCUT2D eigenvalue weighted by Gasteiger charge is 2.19. The quantitative estimate of drug-likeness (QED) is 0.782. The summed E-state index contributed by atoms with van der Waals surface area (Å²) in [4.78, 5) is 6.87. The lowest BCUT2D eigenvalue weighted by Gasteiger charge is -2.28. The van der Waals surface area contributed by atoms with Crippen LogP contribution in [0.3, 0.4) is 0 Å². The lowest BCUT2D eigenvalue weighted by molar-refractivity contribution is 0.122. The molecule has 1 aliphatic heterocycles. The molecule has 1 N–H and O–H groups in total. The summed E-state index contributed by atoms with van der Waals surface area (Å²) in [5.74, 6) is 0.759. The van der Waals surface area contributed by atoms with Crippen molar-refractivity contribution in [1.29, 1.82) is 0 Å². The minimum absolute atomic E-state index is 0.747. The Morgan fingerprint density at radius 1 is 1.24 bits per heavy atom. The van der Waals surface area contributed by atoms with Crippen LogP contribution in [0.1, 0.15) is 5.69 Å². The lowest BCUT2D eigenvalue weighted by atomic mass is 10.2. The van der Waals surface area contributed by atoms with Gasteiger partial charge in [-0.2, -0.15) is 5.10 Å². The van der Waals surface area contributed by atoms with Crippen LogP contribution in [0.2, 0.25) is 0 Å². The molecule has 0 radical (unpaired) electrons. The number of aromatic amines is 1. The molecule has 0 unspecified atom stereocenters. The predicted molar refractivity (Wildman–Crippen MR) is 79.4 cm³/mol. The minimum Gasteiger partial charge on any atom is -0.451 e. The van der Waals surface area contributed by atoms with E-state index in [1.54, 1.807) is 6.20 Å². The Balaban J connectivity index is 1.85. The van der Waals surface area contributed by atoms with Crippen LogP contribution in [-0.4, -0.2) is 41.5 Å². The molecule has 21 heavy (non-hydrogen) atoms. The van der Waals surface area contributed by atoms with E-state index in [1.165, 1.54) is 0 Å². The first-order valence-corrected chi connectivity index (χ1v) is 7.05. The Morgan fingerprint density at radius 2 is 2.10 bits per heavy atom. The van der Waals surface area contributed by atoms with E-state index in [-0.39, 0.29) is 0 Å². The number of H-pyrrole nitrogens is 1. The predicted octanol–water partition coefficient (Wildman–Crippen LogP) is 2.36. The van der Waals surface area contributed by atoms with Crippen LogP contribution in [0.4, 0.5) is 5.69 Å². The molecule has 0 saturated carbocycles. The fourth-order valence-electron chi connectivity index (χ4n) is 2.70. The molecule has 0 spiro atoms. The normalized spacial score (nSPS) is 15.8. The number of hydrogen-bond acceptors (Lipinski definition) is 5. The summed E-state index contributed by atoms with van der Waals surface area (Å²) < 4.78 is 11.5. The van der Waals surface area contributed by atoms with Gasteiger partial charge >= 0.3 is 0 Å². The Labute approximate surface area is 121 Å². The van der Waals surface area contributed by atoms with E-state index in [0.29, 0.717) is 0 Å². The molecule has 6 nitrogen and oxygen atoms in total. The van der Waals surface area contributed by atoms with Crippen LogP contribution in [-0.2, 0) is 4.74 Å². The summed E-state index contributed by atoms with van der Waals surface area (Å²) in [6.07, 6.45) is 1.71. The molecule has 1 fully saturated rings. The molecular formula is C15H16N4O2. The molecule has 0 aromatic carbocycles. The SMILES string of the molecule is Cc1cc(N2CCOCC2)c2oc(-c3ccn[nH]3)cc2n1. The van der Waals surface area contributed by atoms with Crippen LogP contribution in [0, 0.1) is 6.92 Å². The van der Waals surface area contributed by atoms with Crippen molar-refractivity contribution in [2.75, 3.05) is 31.2 Å². The number of anilines is 1. The van der Waals surface area contributed by atoms with Crippen LogP contribution >= 0.6 is 0 Å². The summed E-state index contributed by atoms with van der Waals surface area (Å²) in [6, 6.07) is 5.92. The number of aromatic nitrogens is 3. The molecule has 0 atom stereocenters. The molecule has 1 aliphatic rings. The van der Waals surface area contributed by atoms with Gasteiger partial charge in [0.15, 0.2) is 11.3 Å². The number of morpholine rings is 1. The molecule has 3 aromatic rings. The van der Waals surface area contributed by atoms with Crippen molar-refractivity contribution < 1.29 is 9.15 Å². The number of nitrogens with zero attached hydrogens (tertiary/aromatic N) is 3. The van der Waals surface area contributed by atoms with E-state index in [4.69, 9.17) is 9.15 Å². The maximum Gasteiger partial charge on any atom is 0.176 e. The third kappa shape index (κ3) is 2.17. The number of furan rings is 1. The van der Waals surface area contributed by atoms with Gasteiger partial charge in [0.25, 0.3) is 0 Å². The van der Waals surface area contributed by atoms with E-state index in [9.17, 15) is 0 Å². The van der Waals surface area contributed by atoms with Gasteiger partial charge in [-0.05, 0) is 19.1 Å². The Hall–Kier alpha value is -2.34. The largest absolute Gasteiger partial charge is 0.451 e. The smallest absolute Gasteiger partial charge is 0.176 e. The summed E-state index contributed by atoms with van der Waals surface area (Å²) in [7, 11) is 0. The number of nitrogens with one attached hydrogen (secondary N) is 1. The highest BCUT2D eigenvalue weighted by Crippen LogP contribution is 2.33. The zero-order chi connectivity index (χ0) is 14.2. The molecule has 3 aromatic heterocycles. The van der Waals surface area contributed by atoms with E-state index < -0.39 is 0 Å². The van der Waals surface area contributed by atoms with Gasteiger partial charge in [-0.25, -0.2) is 4.98 Å². The Kier molecular flexibility index (Phi) is 2.89. The zero-order valence-electron chi connectivity index (χ0n) is 11.8. The molecule has 4 heterocycles. The molecule has 1 saturated heterocycles. The second-order valence-electron chi connectivity index (χ2n) is 5.18. The van der Waals surface area contributed by atoms with Crippen molar-refractivity contribution in [1.82, 2.24) is 15.2 Å². The lowest BCUT2D eigenvalue weighted by Crippen LogP contribution is -2.36. The van der Waals surface area contributed by atoms with Crippen LogP contribution in [0.15, 0.2) is 28.8 Å². The molecule has 0 bridgehead atoms. The average Bonchev–Trinajstić information content (AvgIpc) is 3.16. The molecular weight excluding hydrogens is 268 g/mol. The summed E-state index contributed by atoms with van der Waals surface area (Å²) >= 11 is 0. The molecule has 108 valence electrons. The average molecular weight is 284 g/mol. The van der Waals surface area contributed by atoms with Gasteiger partial charge in [0.05, 0.1) is 18.9 Å². The van der Waals surface area contributed by atoms with Crippen LogP contribution < -0.4 is 4.90 Å². The minimum atomic E-state index is 0.747. The van der Waals surface area contributed by atoms with Crippen molar-refractivity contribution in [2.24, 2.45) is 0 Å². The number of aryl methyl sites for hydroxylation is 1. The zero-order valence-corrected chi connectivity index (χ0v) is 11.8.